The predicted octanol–water partition coefficient (Wildman–Crippen LogP) is 3.69. The Morgan fingerprint density at radius 2 is 2.04 bits per heavy atom. The Bertz CT molecular complexity index is 716. The Labute approximate surface area is 149 Å². The number of hydrogen-bond donors (Lipinski definition) is 0. The van der Waals surface area contributed by atoms with Crippen LogP contribution in [0.4, 0.5) is 0 Å². The molecule has 132 valence electrons. The molecule has 2 aromatic rings. The highest BCUT2D eigenvalue weighted by molar-refractivity contribution is 5.91. The molecule has 4 nitrogen and oxygen atoms in total. The van der Waals surface area contributed by atoms with Crippen molar-refractivity contribution >= 4 is 5.91 Å². The van der Waals surface area contributed by atoms with Crippen LogP contribution < -0.4 is 0 Å². The zero-order valence-corrected chi connectivity index (χ0v) is 15.0. The van der Waals surface area contributed by atoms with Crippen LogP contribution in [0.15, 0.2) is 43.0 Å². The van der Waals surface area contributed by atoms with Gasteiger partial charge in [-0.1, -0.05) is 29.8 Å². The van der Waals surface area contributed by atoms with Gasteiger partial charge in [-0.3, -0.25) is 4.79 Å². The minimum Gasteiger partial charge on any atom is -0.339 e. The summed E-state index contributed by atoms with van der Waals surface area (Å²) in [6.07, 6.45) is 12.2. The summed E-state index contributed by atoms with van der Waals surface area (Å²) in [5.41, 5.74) is 2.23. The molecule has 0 spiro atoms. The number of hydrogen-bond acceptors (Lipinski definition) is 2. The number of likely N-dealkylation sites (tertiary alicyclic amines) is 1. The van der Waals surface area contributed by atoms with Gasteiger partial charge < -0.3 is 9.47 Å². The Hall–Kier alpha value is -2.10. The van der Waals surface area contributed by atoms with Crippen LogP contribution in [0, 0.1) is 6.92 Å². The first-order valence-electron chi connectivity index (χ1n) is 9.53. The Morgan fingerprint density at radius 1 is 1.24 bits per heavy atom. The lowest BCUT2D eigenvalue weighted by atomic mass is 9.90. The summed E-state index contributed by atoms with van der Waals surface area (Å²) in [5.74, 6) is 0.367. The highest BCUT2D eigenvalue weighted by Crippen LogP contribution is 2.50. The van der Waals surface area contributed by atoms with Crippen LogP contribution in [0.2, 0.25) is 0 Å². The number of carbonyl (C=O) groups is 1. The summed E-state index contributed by atoms with van der Waals surface area (Å²) in [7, 11) is 0. The van der Waals surface area contributed by atoms with Gasteiger partial charge in [0.05, 0.1) is 11.7 Å². The van der Waals surface area contributed by atoms with E-state index in [0.717, 1.165) is 45.2 Å². The summed E-state index contributed by atoms with van der Waals surface area (Å²) in [5, 5.41) is 0. The first-order chi connectivity index (χ1) is 12.2. The number of aryl methyl sites for hydroxylation is 2. The third-order valence-electron chi connectivity index (χ3n) is 5.93. The van der Waals surface area contributed by atoms with E-state index >= 15 is 0 Å². The molecule has 1 aliphatic carbocycles. The van der Waals surface area contributed by atoms with Crippen molar-refractivity contribution in [1.29, 1.82) is 0 Å². The van der Waals surface area contributed by atoms with Gasteiger partial charge in [0.2, 0.25) is 5.91 Å². The molecule has 4 heteroatoms. The van der Waals surface area contributed by atoms with Gasteiger partial charge in [0.15, 0.2) is 0 Å². The number of rotatable bonds is 5. The molecule has 1 saturated carbocycles. The normalized spacial score (nSPS) is 22.0. The van der Waals surface area contributed by atoms with E-state index in [-0.39, 0.29) is 5.41 Å². The highest BCUT2D eigenvalue weighted by Gasteiger charge is 2.53. The smallest absolute Gasteiger partial charge is 0.233 e. The third-order valence-corrected chi connectivity index (χ3v) is 5.93. The Morgan fingerprint density at radius 3 is 2.72 bits per heavy atom. The minimum atomic E-state index is -0.238. The predicted molar refractivity (Wildman–Crippen MR) is 98.3 cm³/mol. The minimum absolute atomic E-state index is 0.238. The molecular formula is C21H27N3O. The van der Waals surface area contributed by atoms with E-state index in [4.69, 9.17) is 0 Å². The van der Waals surface area contributed by atoms with Gasteiger partial charge in [-0.05, 0) is 51.0 Å². The van der Waals surface area contributed by atoms with E-state index in [1.807, 2.05) is 18.7 Å². The summed E-state index contributed by atoms with van der Waals surface area (Å²) >= 11 is 0. The van der Waals surface area contributed by atoms with Gasteiger partial charge in [0.1, 0.15) is 0 Å². The van der Waals surface area contributed by atoms with Crippen LogP contribution in [0.3, 0.4) is 0 Å². The van der Waals surface area contributed by atoms with Gasteiger partial charge in [-0.25, -0.2) is 4.98 Å². The monoisotopic (exact) mass is 337 g/mol. The lowest BCUT2D eigenvalue weighted by Gasteiger charge is -2.38. The Kier molecular flexibility index (Phi) is 4.36. The topological polar surface area (TPSA) is 38.1 Å². The van der Waals surface area contributed by atoms with E-state index in [2.05, 4.69) is 45.6 Å². The number of imidazole rings is 1. The molecule has 2 aliphatic rings. The number of piperidine rings is 1. The van der Waals surface area contributed by atoms with Crippen molar-refractivity contribution in [2.24, 2.45) is 0 Å². The van der Waals surface area contributed by atoms with Crippen molar-refractivity contribution in [2.75, 3.05) is 6.54 Å². The van der Waals surface area contributed by atoms with E-state index in [1.165, 1.54) is 17.5 Å². The van der Waals surface area contributed by atoms with Gasteiger partial charge in [-0.15, -0.1) is 0 Å². The number of carbonyl (C=O) groups excluding carboxylic acids is 1. The fraction of sp³-hybridized carbons (Fsp3) is 0.524. The quantitative estimate of drug-likeness (QED) is 0.834. The molecule has 2 heterocycles. The van der Waals surface area contributed by atoms with Crippen LogP contribution in [0.5, 0.6) is 0 Å². The maximum absolute atomic E-state index is 13.4. The van der Waals surface area contributed by atoms with Gasteiger partial charge in [0, 0.05) is 31.5 Å². The number of nitrogens with zero attached hydrogens (tertiary/aromatic N) is 3. The summed E-state index contributed by atoms with van der Waals surface area (Å²) in [6.45, 7) is 3.95. The fourth-order valence-electron chi connectivity index (χ4n) is 4.18. The van der Waals surface area contributed by atoms with Crippen LogP contribution in [-0.4, -0.2) is 32.9 Å². The molecule has 1 aromatic heterocycles. The van der Waals surface area contributed by atoms with Crippen molar-refractivity contribution in [2.45, 2.75) is 63.5 Å². The fourth-order valence-corrected chi connectivity index (χ4v) is 4.18. The van der Waals surface area contributed by atoms with Crippen LogP contribution in [0.1, 0.15) is 49.7 Å². The second-order valence-corrected chi connectivity index (χ2v) is 7.69. The molecular weight excluding hydrogens is 310 g/mol. The van der Waals surface area contributed by atoms with Gasteiger partial charge in [-0.2, -0.15) is 0 Å². The zero-order chi connectivity index (χ0) is 17.3. The molecule has 0 N–H and O–H groups in total. The standard InChI is InChI=1S/C21H27N3O/c1-17-5-7-18(8-6-17)21(10-11-21)20(25)24-13-3-2-4-19(24)9-14-23-15-12-22-16-23/h5-8,12,15-16,19H,2-4,9-11,13-14H2,1H3/t19-/m0/s1. The molecule has 0 unspecified atom stereocenters. The molecule has 25 heavy (non-hydrogen) atoms. The van der Waals surface area contributed by atoms with Crippen molar-refractivity contribution in [3.63, 3.8) is 0 Å². The highest BCUT2D eigenvalue weighted by atomic mass is 16.2. The van der Waals surface area contributed by atoms with Gasteiger partial charge >= 0.3 is 0 Å². The maximum atomic E-state index is 13.4. The second kappa shape index (κ2) is 6.66. The third kappa shape index (κ3) is 3.22. The number of benzene rings is 1. The first kappa shape index (κ1) is 16.4. The number of amides is 1. The SMILES string of the molecule is Cc1ccc(C2(C(=O)N3CCCC[C@H]3CCn3ccnc3)CC2)cc1. The first-order valence-corrected chi connectivity index (χ1v) is 9.53. The van der Waals surface area contributed by atoms with Crippen LogP contribution in [-0.2, 0) is 16.8 Å². The van der Waals surface area contributed by atoms with E-state index < -0.39 is 0 Å². The van der Waals surface area contributed by atoms with E-state index in [1.54, 1.807) is 0 Å². The molecule has 0 bridgehead atoms. The van der Waals surface area contributed by atoms with Crippen molar-refractivity contribution in [3.8, 4) is 0 Å². The van der Waals surface area contributed by atoms with Crippen molar-refractivity contribution < 1.29 is 4.79 Å². The van der Waals surface area contributed by atoms with Crippen LogP contribution in [0.25, 0.3) is 0 Å². The molecule has 1 aromatic carbocycles. The molecule has 2 fully saturated rings. The summed E-state index contributed by atoms with van der Waals surface area (Å²) < 4.78 is 2.12. The largest absolute Gasteiger partial charge is 0.339 e. The average Bonchev–Trinajstić information content (AvgIpc) is 3.28. The maximum Gasteiger partial charge on any atom is 0.233 e. The molecule has 1 atom stereocenters. The van der Waals surface area contributed by atoms with Crippen molar-refractivity contribution in [1.82, 2.24) is 14.5 Å². The number of aromatic nitrogens is 2. The molecule has 1 saturated heterocycles. The Balaban J connectivity index is 1.49. The molecule has 4 rings (SSSR count). The lowest BCUT2D eigenvalue weighted by molar-refractivity contribution is -0.138. The molecule has 1 amide bonds. The summed E-state index contributed by atoms with van der Waals surface area (Å²) in [4.78, 5) is 19.8. The molecule has 1 aliphatic heterocycles. The lowest BCUT2D eigenvalue weighted by Crippen LogP contribution is -2.48. The van der Waals surface area contributed by atoms with Gasteiger partial charge in [0.25, 0.3) is 0 Å². The van der Waals surface area contributed by atoms with E-state index in [9.17, 15) is 4.79 Å². The summed E-state index contributed by atoms with van der Waals surface area (Å²) in [6, 6.07) is 8.95. The average molecular weight is 337 g/mol. The van der Waals surface area contributed by atoms with Crippen LogP contribution >= 0.6 is 0 Å². The second-order valence-electron chi connectivity index (χ2n) is 7.69. The zero-order valence-electron chi connectivity index (χ0n) is 15.0. The van der Waals surface area contributed by atoms with E-state index in [0.29, 0.717) is 11.9 Å². The molecule has 0 radical (unpaired) electrons. The van der Waals surface area contributed by atoms with Crippen molar-refractivity contribution in [3.05, 3.63) is 54.1 Å².